The molecular weight excluding hydrogens is 426 g/mol. The Bertz CT molecular complexity index is 1390. The Morgan fingerprint density at radius 2 is 1.76 bits per heavy atom. The van der Waals surface area contributed by atoms with Gasteiger partial charge in [0.05, 0.1) is 0 Å². The van der Waals surface area contributed by atoms with Crippen molar-refractivity contribution in [3.63, 3.8) is 0 Å². The summed E-state index contributed by atoms with van der Waals surface area (Å²) in [6, 6.07) is 15.0. The molecule has 3 heterocycles. The Morgan fingerprint density at radius 3 is 2.50 bits per heavy atom. The van der Waals surface area contributed by atoms with Crippen molar-refractivity contribution in [1.29, 1.82) is 0 Å². The molecule has 1 aromatic carbocycles. The van der Waals surface area contributed by atoms with E-state index in [0.717, 1.165) is 35.2 Å². The summed E-state index contributed by atoms with van der Waals surface area (Å²) in [5.41, 5.74) is 10.5. The summed E-state index contributed by atoms with van der Waals surface area (Å²) in [6.45, 7) is 0. The average molecular weight is 448 g/mol. The number of hydrogen-bond acceptors (Lipinski definition) is 7. The SMILES string of the molecule is Nc1nc(Nc2ccc(C#Cc3cc(C(=O)NC4CC4)ccn3)cc2)ncc1-c1ccncc1. The van der Waals surface area contributed by atoms with E-state index in [1.807, 2.05) is 36.4 Å². The topological polar surface area (TPSA) is 119 Å². The van der Waals surface area contributed by atoms with Gasteiger partial charge in [0, 0.05) is 53.2 Å². The van der Waals surface area contributed by atoms with Crippen LogP contribution in [0.4, 0.5) is 17.5 Å². The van der Waals surface area contributed by atoms with Crippen LogP contribution < -0.4 is 16.4 Å². The van der Waals surface area contributed by atoms with E-state index < -0.39 is 0 Å². The summed E-state index contributed by atoms with van der Waals surface area (Å²) < 4.78 is 0. The maximum atomic E-state index is 12.2. The Morgan fingerprint density at radius 1 is 0.971 bits per heavy atom. The van der Waals surface area contributed by atoms with Crippen LogP contribution in [0.2, 0.25) is 0 Å². The molecule has 0 spiro atoms. The molecule has 0 radical (unpaired) electrons. The van der Waals surface area contributed by atoms with E-state index >= 15 is 0 Å². The number of benzene rings is 1. The third-order valence-corrected chi connectivity index (χ3v) is 5.22. The fourth-order valence-electron chi connectivity index (χ4n) is 3.25. The lowest BCUT2D eigenvalue weighted by Gasteiger charge is -2.08. The van der Waals surface area contributed by atoms with Crippen LogP contribution in [0.5, 0.6) is 0 Å². The largest absolute Gasteiger partial charge is 0.383 e. The number of amides is 1. The molecule has 0 saturated heterocycles. The van der Waals surface area contributed by atoms with Gasteiger partial charge in [-0.15, -0.1) is 0 Å². The number of rotatable bonds is 5. The summed E-state index contributed by atoms with van der Waals surface area (Å²) in [6.07, 6.45) is 8.78. The number of carbonyl (C=O) groups excluding carboxylic acids is 1. The van der Waals surface area contributed by atoms with Gasteiger partial charge in [-0.1, -0.05) is 5.92 Å². The average Bonchev–Trinajstić information content (AvgIpc) is 3.68. The van der Waals surface area contributed by atoms with Crippen LogP contribution in [0.25, 0.3) is 11.1 Å². The van der Waals surface area contributed by atoms with Crippen molar-refractivity contribution >= 4 is 23.4 Å². The van der Waals surface area contributed by atoms with Crippen molar-refractivity contribution in [2.45, 2.75) is 18.9 Å². The highest BCUT2D eigenvalue weighted by Crippen LogP contribution is 2.24. The second kappa shape index (κ2) is 9.38. The van der Waals surface area contributed by atoms with E-state index in [2.05, 4.69) is 42.4 Å². The smallest absolute Gasteiger partial charge is 0.251 e. The van der Waals surface area contributed by atoms with E-state index in [4.69, 9.17) is 5.73 Å². The highest BCUT2D eigenvalue weighted by molar-refractivity contribution is 5.94. The lowest BCUT2D eigenvalue weighted by molar-refractivity contribution is 0.0951. The molecule has 4 aromatic rings. The van der Waals surface area contributed by atoms with E-state index in [1.54, 1.807) is 36.9 Å². The Hall–Kier alpha value is -4.77. The highest BCUT2D eigenvalue weighted by atomic mass is 16.1. The molecule has 166 valence electrons. The van der Waals surface area contributed by atoms with Gasteiger partial charge < -0.3 is 16.4 Å². The molecule has 8 heteroatoms. The monoisotopic (exact) mass is 447 g/mol. The van der Waals surface area contributed by atoms with Crippen molar-refractivity contribution in [3.05, 3.63) is 90.1 Å². The van der Waals surface area contributed by atoms with Crippen molar-refractivity contribution in [2.24, 2.45) is 0 Å². The molecule has 0 atom stereocenters. The van der Waals surface area contributed by atoms with Crippen LogP contribution in [0.1, 0.15) is 34.5 Å². The number of anilines is 3. The van der Waals surface area contributed by atoms with Crippen molar-refractivity contribution in [3.8, 4) is 23.0 Å². The molecule has 4 N–H and O–H groups in total. The molecule has 1 aliphatic rings. The third-order valence-electron chi connectivity index (χ3n) is 5.22. The van der Waals surface area contributed by atoms with Gasteiger partial charge >= 0.3 is 0 Å². The quantitative estimate of drug-likeness (QED) is 0.400. The van der Waals surface area contributed by atoms with E-state index in [9.17, 15) is 4.79 Å². The minimum Gasteiger partial charge on any atom is -0.383 e. The number of nitrogen functional groups attached to an aromatic ring is 1. The zero-order valence-electron chi connectivity index (χ0n) is 18.2. The molecule has 0 aliphatic heterocycles. The Balaban J connectivity index is 1.25. The molecular formula is C26H21N7O. The maximum Gasteiger partial charge on any atom is 0.251 e. The molecule has 1 fully saturated rings. The first kappa shape index (κ1) is 21.1. The summed E-state index contributed by atoms with van der Waals surface area (Å²) in [4.78, 5) is 29.2. The Kier molecular flexibility index (Phi) is 5.82. The lowest BCUT2D eigenvalue weighted by atomic mass is 10.1. The first-order valence-corrected chi connectivity index (χ1v) is 10.8. The fraction of sp³-hybridized carbons (Fsp3) is 0.115. The van der Waals surface area contributed by atoms with Crippen molar-refractivity contribution in [2.75, 3.05) is 11.1 Å². The standard InChI is InChI=1S/C26H21N7O/c27-24-23(18-9-12-28-13-10-18)16-30-26(33-24)32-21-4-1-17(2-5-21)3-6-22-15-19(11-14-29-22)25(34)31-20-7-8-20/h1-2,4-5,9-16,20H,7-8H2,(H,31,34)(H3,27,30,32,33). The predicted octanol–water partition coefficient (Wildman–Crippen LogP) is 3.55. The summed E-state index contributed by atoms with van der Waals surface area (Å²) in [5.74, 6) is 6.79. The number of nitrogens with zero attached hydrogens (tertiary/aromatic N) is 4. The third kappa shape index (κ3) is 5.16. The summed E-state index contributed by atoms with van der Waals surface area (Å²) in [5, 5.41) is 6.12. The van der Waals surface area contributed by atoms with Gasteiger partial charge in [-0.05, 0) is 72.9 Å². The van der Waals surface area contributed by atoms with Gasteiger partial charge in [0.1, 0.15) is 11.5 Å². The van der Waals surface area contributed by atoms with E-state index in [-0.39, 0.29) is 5.91 Å². The number of aromatic nitrogens is 4. The van der Waals surface area contributed by atoms with Gasteiger partial charge in [0.25, 0.3) is 5.91 Å². The Labute approximate surface area is 196 Å². The van der Waals surface area contributed by atoms with Crippen molar-refractivity contribution < 1.29 is 4.79 Å². The van der Waals surface area contributed by atoms with Crippen molar-refractivity contribution in [1.82, 2.24) is 25.3 Å². The number of nitrogens with one attached hydrogen (secondary N) is 2. The van der Waals surface area contributed by atoms with Crippen LogP contribution >= 0.6 is 0 Å². The zero-order chi connectivity index (χ0) is 23.3. The second-order valence-corrected chi connectivity index (χ2v) is 7.86. The first-order chi connectivity index (χ1) is 16.6. The molecule has 0 bridgehead atoms. The molecule has 1 aliphatic carbocycles. The molecule has 8 nitrogen and oxygen atoms in total. The molecule has 3 aromatic heterocycles. The van der Waals surface area contributed by atoms with Gasteiger partial charge in [0.15, 0.2) is 0 Å². The minimum absolute atomic E-state index is 0.0833. The maximum absolute atomic E-state index is 12.2. The number of nitrogens with two attached hydrogens (primary N) is 1. The zero-order valence-corrected chi connectivity index (χ0v) is 18.2. The first-order valence-electron chi connectivity index (χ1n) is 10.8. The van der Waals surface area contributed by atoms with Gasteiger partial charge in [-0.3, -0.25) is 9.78 Å². The van der Waals surface area contributed by atoms with Crippen LogP contribution in [0.15, 0.2) is 73.3 Å². The normalized spacial score (nSPS) is 12.4. The second-order valence-electron chi connectivity index (χ2n) is 7.86. The molecule has 0 unspecified atom stereocenters. The highest BCUT2D eigenvalue weighted by Gasteiger charge is 2.23. The van der Waals surface area contributed by atoms with Crippen LogP contribution in [-0.2, 0) is 0 Å². The van der Waals surface area contributed by atoms with Gasteiger partial charge in [-0.25, -0.2) is 9.97 Å². The van der Waals surface area contributed by atoms with Gasteiger partial charge in [0.2, 0.25) is 5.95 Å². The van der Waals surface area contributed by atoms with E-state index in [0.29, 0.717) is 29.1 Å². The van der Waals surface area contributed by atoms with Gasteiger partial charge in [-0.2, -0.15) is 4.98 Å². The number of hydrogen-bond donors (Lipinski definition) is 3. The molecule has 34 heavy (non-hydrogen) atoms. The lowest BCUT2D eigenvalue weighted by Crippen LogP contribution is -2.25. The molecule has 1 amide bonds. The number of carbonyl (C=O) groups is 1. The summed E-state index contributed by atoms with van der Waals surface area (Å²) >= 11 is 0. The van der Waals surface area contributed by atoms with E-state index in [1.165, 1.54) is 0 Å². The molecule has 5 rings (SSSR count). The van der Waals surface area contributed by atoms with Crippen LogP contribution in [-0.4, -0.2) is 31.9 Å². The fourth-order valence-corrected chi connectivity index (χ4v) is 3.25. The van der Waals surface area contributed by atoms with Crippen LogP contribution in [0.3, 0.4) is 0 Å². The predicted molar refractivity (Wildman–Crippen MR) is 130 cm³/mol. The summed E-state index contributed by atoms with van der Waals surface area (Å²) in [7, 11) is 0. The number of pyridine rings is 2. The molecule has 1 saturated carbocycles. The minimum atomic E-state index is -0.0833. The van der Waals surface area contributed by atoms with Crippen LogP contribution in [0, 0.1) is 11.8 Å².